The predicted molar refractivity (Wildman–Crippen MR) is 69.4 cm³/mol. The van der Waals surface area contributed by atoms with Gasteiger partial charge in [-0.25, -0.2) is 4.79 Å². The monoisotopic (exact) mass is 251 g/mol. The number of phenolic OH excluding ortho intramolecular Hbond substituents is 1. The van der Waals surface area contributed by atoms with Crippen LogP contribution in [0.4, 0.5) is 0 Å². The molecule has 1 radical (unpaired) electrons. The minimum Gasteiger partial charge on any atom is -0.508 e. The van der Waals surface area contributed by atoms with Crippen LogP contribution >= 0.6 is 0 Å². The Morgan fingerprint density at radius 3 is 2.22 bits per heavy atom. The molecule has 3 nitrogen and oxygen atoms in total. The van der Waals surface area contributed by atoms with E-state index in [2.05, 4.69) is 0 Å². The van der Waals surface area contributed by atoms with E-state index in [1.54, 1.807) is 0 Å². The average Bonchev–Trinajstić information content (AvgIpc) is 2.38. The molecule has 2 aromatic rings. The van der Waals surface area contributed by atoms with E-state index >= 15 is 0 Å². The number of hydrogen-bond acceptors (Lipinski definition) is 3. The zero-order valence-corrected chi connectivity index (χ0v) is 12.2. The Morgan fingerprint density at radius 2 is 1.61 bits per heavy atom. The normalized spacial score (nSPS) is 9.33. The molecule has 4 heteroatoms. The van der Waals surface area contributed by atoms with E-state index in [0.29, 0.717) is 5.56 Å². The van der Waals surface area contributed by atoms with Gasteiger partial charge < -0.3 is 9.84 Å². The number of esters is 1. The molecule has 0 unspecified atom stereocenters. The zero-order chi connectivity index (χ0) is 12.1. The van der Waals surface area contributed by atoms with Crippen LogP contribution in [-0.4, -0.2) is 40.6 Å². The Kier molecular flexibility index (Phi) is 5.92. The van der Waals surface area contributed by atoms with Crippen molar-refractivity contribution in [1.82, 2.24) is 0 Å². The molecule has 0 heterocycles. The van der Waals surface area contributed by atoms with Crippen molar-refractivity contribution in [3.05, 3.63) is 65.7 Å². The largest absolute Gasteiger partial charge is 0.508 e. The second-order valence-corrected chi connectivity index (χ2v) is 3.61. The number of carbonyl (C=O) groups is 1. The molecule has 0 amide bonds. The van der Waals surface area contributed by atoms with E-state index in [-0.39, 0.29) is 41.9 Å². The van der Waals surface area contributed by atoms with Crippen LogP contribution in [0.25, 0.3) is 0 Å². The fourth-order valence-corrected chi connectivity index (χ4v) is 1.40. The van der Waals surface area contributed by atoms with Gasteiger partial charge in [0.05, 0.1) is 5.56 Å². The molecule has 0 aliphatic rings. The fourth-order valence-electron chi connectivity index (χ4n) is 1.40. The van der Waals surface area contributed by atoms with Gasteiger partial charge in [0.25, 0.3) is 0 Å². The summed E-state index contributed by atoms with van der Waals surface area (Å²) in [4.78, 5) is 11.6. The van der Waals surface area contributed by atoms with Crippen molar-refractivity contribution < 1.29 is 14.6 Å². The molecule has 1 N–H and O–H groups in total. The van der Waals surface area contributed by atoms with Crippen molar-refractivity contribution in [3.63, 3.8) is 0 Å². The van der Waals surface area contributed by atoms with Crippen molar-refractivity contribution in [2.75, 3.05) is 0 Å². The Hall–Kier alpha value is -1.29. The molecule has 0 fully saturated rings. The van der Waals surface area contributed by atoms with Crippen molar-refractivity contribution in [3.8, 4) is 5.75 Å². The van der Waals surface area contributed by atoms with Gasteiger partial charge >= 0.3 is 5.97 Å². The third kappa shape index (κ3) is 4.18. The molecular formula is C14H12NaO3. The fraction of sp³-hybridized carbons (Fsp3) is 0.0714. The number of hydrogen-bond donors (Lipinski definition) is 1. The van der Waals surface area contributed by atoms with E-state index in [1.807, 2.05) is 30.3 Å². The van der Waals surface area contributed by atoms with Gasteiger partial charge in [-0.2, -0.15) is 0 Å². The smallest absolute Gasteiger partial charge is 0.338 e. The van der Waals surface area contributed by atoms with Crippen LogP contribution in [0.15, 0.2) is 54.6 Å². The summed E-state index contributed by atoms with van der Waals surface area (Å²) >= 11 is 0. The van der Waals surface area contributed by atoms with Crippen LogP contribution in [0, 0.1) is 0 Å². The standard InChI is InChI=1S/C14H12O3.Na/c15-13-8-6-12(7-9-13)14(16)17-10-11-4-2-1-3-5-11;/h1-9,15H,10H2;. The van der Waals surface area contributed by atoms with Gasteiger partial charge in [0.1, 0.15) is 12.4 Å². The van der Waals surface area contributed by atoms with E-state index in [1.165, 1.54) is 24.3 Å². The van der Waals surface area contributed by atoms with Crippen molar-refractivity contribution in [2.45, 2.75) is 6.61 Å². The molecule has 0 bridgehead atoms. The second kappa shape index (κ2) is 7.21. The summed E-state index contributed by atoms with van der Waals surface area (Å²) in [6, 6.07) is 15.5. The molecule has 0 atom stereocenters. The molecule has 0 spiro atoms. The maximum atomic E-state index is 11.6. The first-order valence-corrected chi connectivity index (χ1v) is 5.26. The van der Waals surface area contributed by atoms with Gasteiger partial charge in [0.15, 0.2) is 0 Å². The van der Waals surface area contributed by atoms with Crippen molar-refractivity contribution >= 4 is 35.5 Å². The summed E-state index contributed by atoms with van der Waals surface area (Å²) in [6.07, 6.45) is 0. The number of phenols is 1. The van der Waals surface area contributed by atoms with Crippen LogP contribution in [0.3, 0.4) is 0 Å². The predicted octanol–water partition coefficient (Wildman–Crippen LogP) is 2.37. The zero-order valence-electron chi connectivity index (χ0n) is 10.2. The maximum absolute atomic E-state index is 11.6. The summed E-state index contributed by atoms with van der Waals surface area (Å²) in [6.45, 7) is 0.251. The maximum Gasteiger partial charge on any atom is 0.338 e. The van der Waals surface area contributed by atoms with Crippen molar-refractivity contribution in [2.24, 2.45) is 0 Å². The molecule has 0 aliphatic carbocycles. The Morgan fingerprint density at radius 1 is 1.00 bits per heavy atom. The topological polar surface area (TPSA) is 46.5 Å². The third-order valence-corrected chi connectivity index (χ3v) is 2.32. The van der Waals surface area contributed by atoms with Gasteiger partial charge in [-0.05, 0) is 29.8 Å². The van der Waals surface area contributed by atoms with Gasteiger partial charge in [0.2, 0.25) is 0 Å². The van der Waals surface area contributed by atoms with Crippen LogP contribution in [0.2, 0.25) is 0 Å². The molecule has 0 saturated carbocycles. The van der Waals surface area contributed by atoms with Gasteiger partial charge in [-0.3, -0.25) is 0 Å². The summed E-state index contributed by atoms with van der Waals surface area (Å²) in [5.41, 5.74) is 1.37. The minimum atomic E-state index is -0.395. The molecule has 2 aromatic carbocycles. The van der Waals surface area contributed by atoms with E-state index in [4.69, 9.17) is 9.84 Å². The van der Waals surface area contributed by atoms with Crippen LogP contribution in [0.5, 0.6) is 5.75 Å². The molecule has 0 aliphatic heterocycles. The quantitative estimate of drug-likeness (QED) is 0.673. The Balaban J connectivity index is 0.00000162. The first-order valence-electron chi connectivity index (χ1n) is 5.26. The Labute approximate surface area is 128 Å². The first kappa shape index (κ1) is 14.8. The van der Waals surface area contributed by atoms with Crippen LogP contribution < -0.4 is 0 Å². The molecule has 18 heavy (non-hydrogen) atoms. The second-order valence-electron chi connectivity index (χ2n) is 3.61. The summed E-state index contributed by atoms with van der Waals surface area (Å²) < 4.78 is 5.13. The van der Waals surface area contributed by atoms with E-state index < -0.39 is 5.97 Å². The third-order valence-electron chi connectivity index (χ3n) is 2.32. The number of carbonyl (C=O) groups excluding carboxylic acids is 1. The SMILES string of the molecule is O=C(OCc1ccccc1)c1ccc(O)cc1.[Na]. The summed E-state index contributed by atoms with van der Waals surface area (Å²) in [7, 11) is 0. The van der Waals surface area contributed by atoms with Crippen molar-refractivity contribution in [1.29, 1.82) is 0 Å². The number of aromatic hydroxyl groups is 1. The van der Waals surface area contributed by atoms with Crippen LogP contribution in [-0.2, 0) is 11.3 Å². The van der Waals surface area contributed by atoms with Gasteiger partial charge in [0, 0.05) is 29.6 Å². The summed E-state index contributed by atoms with van der Waals surface area (Å²) in [5.74, 6) is -0.265. The van der Waals surface area contributed by atoms with E-state index in [0.717, 1.165) is 5.56 Å². The molecular weight excluding hydrogens is 239 g/mol. The van der Waals surface area contributed by atoms with Gasteiger partial charge in [-0.15, -0.1) is 0 Å². The van der Waals surface area contributed by atoms with Crippen LogP contribution in [0.1, 0.15) is 15.9 Å². The molecule has 0 saturated heterocycles. The van der Waals surface area contributed by atoms with E-state index in [9.17, 15) is 4.79 Å². The molecule has 0 aromatic heterocycles. The number of ether oxygens (including phenoxy) is 1. The van der Waals surface area contributed by atoms with Gasteiger partial charge in [-0.1, -0.05) is 30.3 Å². The summed E-state index contributed by atoms with van der Waals surface area (Å²) in [5, 5.41) is 9.09. The number of benzene rings is 2. The average molecular weight is 251 g/mol. The minimum absolute atomic E-state index is 0. The molecule has 2 rings (SSSR count). The Bertz CT molecular complexity index is 494. The molecule has 87 valence electrons. The first-order chi connectivity index (χ1) is 8.25. The number of rotatable bonds is 3.